The molecule has 148 valence electrons. The predicted molar refractivity (Wildman–Crippen MR) is 95.5 cm³/mol. The molecule has 0 amide bonds. The van der Waals surface area contributed by atoms with Gasteiger partial charge in [-0.05, 0) is 49.0 Å². The van der Waals surface area contributed by atoms with Crippen molar-refractivity contribution in [2.24, 2.45) is 28.6 Å². The molecule has 6 nitrogen and oxygen atoms in total. The highest BCUT2D eigenvalue weighted by Crippen LogP contribution is 2.66. The average Bonchev–Trinajstić information content (AvgIpc) is 2.87. The van der Waals surface area contributed by atoms with E-state index in [1.54, 1.807) is 13.0 Å². The average molecular weight is 376 g/mol. The maximum absolute atomic E-state index is 13.4. The van der Waals surface area contributed by atoms with Gasteiger partial charge >= 0.3 is 0 Å². The number of ketones is 3. The third kappa shape index (κ3) is 2.26. The van der Waals surface area contributed by atoms with Gasteiger partial charge in [0.25, 0.3) is 0 Å². The van der Waals surface area contributed by atoms with Gasteiger partial charge in [-0.15, -0.1) is 0 Å². The smallest absolute Gasteiger partial charge is 0.190 e. The zero-order valence-corrected chi connectivity index (χ0v) is 15.9. The molecule has 4 aliphatic carbocycles. The number of carbonyl (C=O) groups excluding carboxylic acids is 3. The van der Waals surface area contributed by atoms with Crippen molar-refractivity contribution < 1.29 is 29.7 Å². The van der Waals surface area contributed by atoms with Gasteiger partial charge in [0.1, 0.15) is 18.0 Å². The van der Waals surface area contributed by atoms with Crippen LogP contribution in [0.5, 0.6) is 0 Å². The molecule has 0 aromatic carbocycles. The number of Topliss-reactive ketones (excluding diaryl/α,β-unsaturated/α-hetero) is 2. The Kier molecular flexibility index (Phi) is 4.09. The van der Waals surface area contributed by atoms with E-state index in [1.807, 2.05) is 6.92 Å². The van der Waals surface area contributed by atoms with Crippen LogP contribution in [0.4, 0.5) is 0 Å². The number of hydrogen-bond acceptors (Lipinski definition) is 6. The molecule has 0 spiro atoms. The molecule has 1 unspecified atom stereocenters. The van der Waals surface area contributed by atoms with Crippen molar-refractivity contribution in [2.75, 3.05) is 6.61 Å². The van der Waals surface area contributed by atoms with Crippen LogP contribution in [0.25, 0.3) is 0 Å². The molecule has 0 radical (unpaired) electrons. The highest BCUT2D eigenvalue weighted by molar-refractivity contribution is 5.94. The maximum atomic E-state index is 13.4. The molecule has 7 atom stereocenters. The molecule has 3 N–H and O–H groups in total. The Bertz CT molecular complexity index is 756. The molecule has 0 aromatic rings. The quantitative estimate of drug-likeness (QED) is 0.662. The monoisotopic (exact) mass is 376 g/mol. The minimum Gasteiger partial charge on any atom is -0.392 e. The zero-order chi connectivity index (χ0) is 19.8. The van der Waals surface area contributed by atoms with Crippen molar-refractivity contribution in [3.05, 3.63) is 11.6 Å². The molecule has 0 saturated heterocycles. The van der Waals surface area contributed by atoms with Gasteiger partial charge in [-0.1, -0.05) is 19.4 Å². The van der Waals surface area contributed by atoms with Gasteiger partial charge in [-0.3, -0.25) is 14.4 Å². The second-order valence-corrected chi connectivity index (χ2v) is 9.53. The van der Waals surface area contributed by atoms with Crippen LogP contribution in [0.2, 0.25) is 0 Å². The first kappa shape index (κ1) is 19.0. The zero-order valence-electron chi connectivity index (χ0n) is 15.9. The Morgan fingerprint density at radius 3 is 2.63 bits per heavy atom. The molecule has 27 heavy (non-hydrogen) atoms. The number of hydrogen-bond donors (Lipinski definition) is 3. The van der Waals surface area contributed by atoms with Crippen LogP contribution in [-0.4, -0.2) is 51.0 Å². The minimum absolute atomic E-state index is 0.0463. The van der Waals surface area contributed by atoms with Crippen molar-refractivity contribution in [1.82, 2.24) is 0 Å². The minimum atomic E-state index is -1.73. The predicted octanol–water partition coefficient (Wildman–Crippen LogP) is 0.961. The van der Waals surface area contributed by atoms with Crippen molar-refractivity contribution in [1.29, 1.82) is 0 Å². The van der Waals surface area contributed by atoms with E-state index in [2.05, 4.69) is 0 Å². The molecule has 3 fully saturated rings. The van der Waals surface area contributed by atoms with E-state index in [-0.39, 0.29) is 36.2 Å². The van der Waals surface area contributed by atoms with Crippen LogP contribution in [0.3, 0.4) is 0 Å². The summed E-state index contributed by atoms with van der Waals surface area (Å²) in [6.07, 6.45) is 3.00. The fourth-order valence-corrected chi connectivity index (χ4v) is 6.93. The molecule has 0 aromatic heterocycles. The van der Waals surface area contributed by atoms with Gasteiger partial charge in [0.05, 0.1) is 6.10 Å². The lowest BCUT2D eigenvalue weighted by Crippen LogP contribution is -2.63. The Labute approximate surface area is 158 Å². The van der Waals surface area contributed by atoms with Gasteiger partial charge in [-0.25, -0.2) is 0 Å². The second-order valence-electron chi connectivity index (χ2n) is 9.53. The van der Waals surface area contributed by atoms with Crippen LogP contribution in [0.15, 0.2) is 11.6 Å². The van der Waals surface area contributed by atoms with Crippen molar-refractivity contribution in [3.8, 4) is 0 Å². The second kappa shape index (κ2) is 5.82. The summed E-state index contributed by atoms with van der Waals surface area (Å²) in [7, 11) is 0. The molecule has 0 aliphatic heterocycles. The summed E-state index contributed by atoms with van der Waals surface area (Å²) >= 11 is 0. The lowest BCUT2D eigenvalue weighted by atomic mass is 9.45. The van der Waals surface area contributed by atoms with Gasteiger partial charge in [-0.2, -0.15) is 0 Å². The Balaban J connectivity index is 1.79. The molecule has 4 rings (SSSR count). The molecule has 0 bridgehead atoms. The van der Waals surface area contributed by atoms with Gasteiger partial charge in [0, 0.05) is 24.2 Å². The van der Waals surface area contributed by atoms with Gasteiger partial charge in [0.2, 0.25) is 0 Å². The summed E-state index contributed by atoms with van der Waals surface area (Å²) in [6, 6.07) is 0. The number of carbonyl (C=O) groups is 3. The number of aliphatic hydroxyl groups is 3. The van der Waals surface area contributed by atoms with E-state index in [9.17, 15) is 29.7 Å². The van der Waals surface area contributed by atoms with Crippen LogP contribution in [0, 0.1) is 28.6 Å². The van der Waals surface area contributed by atoms with Gasteiger partial charge in [0.15, 0.2) is 11.6 Å². The van der Waals surface area contributed by atoms with E-state index in [4.69, 9.17) is 0 Å². The normalized spacial score (nSPS) is 49.1. The summed E-state index contributed by atoms with van der Waals surface area (Å²) in [5.41, 5.74) is -2.29. The van der Waals surface area contributed by atoms with E-state index in [0.717, 1.165) is 5.57 Å². The molecule has 4 aliphatic rings. The first-order valence-corrected chi connectivity index (χ1v) is 9.90. The summed E-state index contributed by atoms with van der Waals surface area (Å²) in [4.78, 5) is 37.6. The molecular formula is C21H28O6. The highest BCUT2D eigenvalue weighted by atomic mass is 16.3. The fourth-order valence-electron chi connectivity index (χ4n) is 6.93. The van der Waals surface area contributed by atoms with E-state index in [0.29, 0.717) is 25.7 Å². The number of fused-ring (bicyclic) bond motifs is 5. The summed E-state index contributed by atoms with van der Waals surface area (Å²) in [5.74, 6) is -1.56. The van der Waals surface area contributed by atoms with Crippen LogP contribution in [-0.2, 0) is 14.4 Å². The molecular weight excluding hydrogens is 348 g/mol. The third-order valence-corrected chi connectivity index (χ3v) is 8.44. The largest absolute Gasteiger partial charge is 0.392 e. The van der Waals surface area contributed by atoms with Crippen molar-refractivity contribution in [2.45, 2.75) is 64.1 Å². The SMILES string of the molecule is C[C@]12CCC(=O)C=C1CC(O)[C@@H]1[C@@H]2C(=O)C[C@@]2(C)[C@H]1CC[C@]2(O)C(=O)CO. The number of aliphatic hydroxyl groups excluding tert-OH is 2. The lowest BCUT2D eigenvalue weighted by molar-refractivity contribution is -0.178. The number of rotatable bonds is 2. The Hall–Kier alpha value is -1.37. The first-order chi connectivity index (χ1) is 12.6. The van der Waals surface area contributed by atoms with E-state index < -0.39 is 40.8 Å². The van der Waals surface area contributed by atoms with Crippen LogP contribution < -0.4 is 0 Å². The fraction of sp³-hybridized carbons (Fsp3) is 0.762. The summed E-state index contributed by atoms with van der Waals surface area (Å²) in [5, 5.41) is 31.5. The van der Waals surface area contributed by atoms with Crippen LogP contribution >= 0.6 is 0 Å². The summed E-state index contributed by atoms with van der Waals surface area (Å²) in [6.45, 7) is 3.03. The van der Waals surface area contributed by atoms with Crippen LogP contribution in [0.1, 0.15) is 52.4 Å². The van der Waals surface area contributed by atoms with E-state index in [1.165, 1.54) is 0 Å². The standard InChI is InChI=1S/C21H28O6/c1-19-5-3-12(23)7-11(19)8-14(24)17-13-4-6-21(27,16(26)10-22)20(13,2)9-15(25)18(17)19/h7,13-14,17-18,22,24,27H,3-6,8-10H2,1-2H3/t13-,14?,17+,18-,19-,20-,21-/m0/s1. The van der Waals surface area contributed by atoms with E-state index >= 15 is 0 Å². The van der Waals surface area contributed by atoms with Gasteiger partial charge < -0.3 is 15.3 Å². The topological polar surface area (TPSA) is 112 Å². The Morgan fingerprint density at radius 1 is 1.26 bits per heavy atom. The van der Waals surface area contributed by atoms with Crippen molar-refractivity contribution in [3.63, 3.8) is 0 Å². The lowest BCUT2D eigenvalue weighted by Gasteiger charge is -2.59. The third-order valence-electron chi connectivity index (χ3n) is 8.44. The first-order valence-electron chi connectivity index (χ1n) is 9.90. The molecule has 0 heterocycles. The highest BCUT2D eigenvalue weighted by Gasteiger charge is 2.69. The maximum Gasteiger partial charge on any atom is 0.190 e. The molecule has 6 heteroatoms. The Morgan fingerprint density at radius 2 is 1.96 bits per heavy atom. The molecule has 3 saturated carbocycles. The van der Waals surface area contributed by atoms with Crippen molar-refractivity contribution >= 4 is 17.3 Å². The summed E-state index contributed by atoms with van der Waals surface area (Å²) < 4.78 is 0.